The highest BCUT2D eigenvalue weighted by atomic mass is 16.5. The first-order valence-electron chi connectivity index (χ1n) is 10.7. The van der Waals surface area contributed by atoms with Gasteiger partial charge in [0.1, 0.15) is 11.5 Å². The average Bonchev–Trinajstić information content (AvgIpc) is 3.46. The van der Waals surface area contributed by atoms with E-state index in [2.05, 4.69) is 31.7 Å². The van der Waals surface area contributed by atoms with E-state index in [0.29, 0.717) is 32.4 Å². The SMILES string of the molecule is C[C@@H]1COCCN1c1nc(N2CCOCC2)c2nc(-c3ccnc4[nH]ccc34)[nH]c2n1. The minimum absolute atomic E-state index is 0.214. The number of hydrogen-bond donors (Lipinski definition) is 2. The fourth-order valence-corrected chi connectivity index (χ4v) is 4.32. The molecule has 0 spiro atoms. The first kappa shape index (κ1) is 18.5. The molecular weight excluding hydrogens is 396 g/mol. The van der Waals surface area contributed by atoms with Gasteiger partial charge >= 0.3 is 0 Å². The van der Waals surface area contributed by atoms with Gasteiger partial charge in [-0.15, -0.1) is 0 Å². The molecule has 0 saturated carbocycles. The van der Waals surface area contributed by atoms with E-state index in [-0.39, 0.29) is 6.04 Å². The van der Waals surface area contributed by atoms with Crippen LogP contribution in [-0.2, 0) is 9.47 Å². The summed E-state index contributed by atoms with van der Waals surface area (Å²) in [5.74, 6) is 2.32. The van der Waals surface area contributed by atoms with Gasteiger partial charge < -0.3 is 29.2 Å². The first-order chi connectivity index (χ1) is 15.3. The normalized spacial score (nSPS) is 20.1. The van der Waals surface area contributed by atoms with Crippen LogP contribution < -0.4 is 9.80 Å². The number of hydrogen-bond acceptors (Lipinski definition) is 8. The molecule has 4 aromatic heterocycles. The second-order valence-corrected chi connectivity index (χ2v) is 7.95. The maximum Gasteiger partial charge on any atom is 0.229 e. The van der Waals surface area contributed by atoms with Crippen LogP contribution in [0.3, 0.4) is 0 Å². The Labute approximate surface area is 178 Å². The molecule has 10 heteroatoms. The molecule has 31 heavy (non-hydrogen) atoms. The van der Waals surface area contributed by atoms with Crippen molar-refractivity contribution >= 4 is 34.0 Å². The van der Waals surface area contributed by atoms with Gasteiger partial charge in [0.05, 0.1) is 32.5 Å². The van der Waals surface area contributed by atoms with Crippen LogP contribution in [0.25, 0.3) is 33.6 Å². The van der Waals surface area contributed by atoms with Crippen LogP contribution in [0.4, 0.5) is 11.8 Å². The van der Waals surface area contributed by atoms with Crippen molar-refractivity contribution in [1.82, 2.24) is 29.9 Å². The number of fused-ring (bicyclic) bond motifs is 2. The van der Waals surface area contributed by atoms with Gasteiger partial charge in [0.2, 0.25) is 5.95 Å². The molecule has 10 nitrogen and oxygen atoms in total. The number of H-pyrrole nitrogens is 2. The fourth-order valence-electron chi connectivity index (χ4n) is 4.32. The lowest BCUT2D eigenvalue weighted by Gasteiger charge is -2.34. The maximum absolute atomic E-state index is 5.61. The molecule has 2 fully saturated rings. The van der Waals surface area contributed by atoms with Gasteiger partial charge in [0.25, 0.3) is 0 Å². The molecular formula is C21H24N8O2. The molecule has 0 amide bonds. The van der Waals surface area contributed by atoms with E-state index >= 15 is 0 Å². The number of pyridine rings is 1. The number of ether oxygens (including phenoxy) is 2. The van der Waals surface area contributed by atoms with Crippen LogP contribution in [0.15, 0.2) is 24.5 Å². The predicted octanol–water partition coefficient (Wildman–Crippen LogP) is 1.96. The second kappa shape index (κ2) is 7.47. The van der Waals surface area contributed by atoms with Gasteiger partial charge in [-0.05, 0) is 19.1 Å². The van der Waals surface area contributed by atoms with Gasteiger partial charge in [0.15, 0.2) is 17.0 Å². The standard InChI is InChI=1S/C21H24N8O2/c1-13-12-31-11-8-29(13)21-26-19-16(20(27-21)28-6-9-30-10-7-28)24-18(25-19)15-3-5-23-17-14(15)2-4-22-17/h2-5,13H,6-12H2,1H3,(H,22,23)(H,24,25,26,27)/t13-/m1/s1. The minimum atomic E-state index is 0.214. The smallest absolute Gasteiger partial charge is 0.229 e. The Morgan fingerprint density at radius 1 is 1.00 bits per heavy atom. The molecule has 1 atom stereocenters. The first-order valence-corrected chi connectivity index (χ1v) is 10.7. The Hall–Kier alpha value is -3.24. The monoisotopic (exact) mass is 420 g/mol. The van der Waals surface area contributed by atoms with E-state index in [9.17, 15) is 0 Å². The Kier molecular flexibility index (Phi) is 4.46. The molecule has 0 aromatic carbocycles. The van der Waals surface area contributed by atoms with E-state index in [1.54, 1.807) is 6.20 Å². The average molecular weight is 420 g/mol. The number of morpholine rings is 2. The molecule has 6 heterocycles. The lowest BCUT2D eigenvalue weighted by Crippen LogP contribution is -2.45. The van der Waals surface area contributed by atoms with Gasteiger partial charge in [0, 0.05) is 43.0 Å². The zero-order chi connectivity index (χ0) is 20.8. The lowest BCUT2D eigenvalue weighted by molar-refractivity contribution is 0.0981. The summed E-state index contributed by atoms with van der Waals surface area (Å²) in [6.45, 7) is 7.18. The van der Waals surface area contributed by atoms with Crippen molar-refractivity contribution in [2.45, 2.75) is 13.0 Å². The Bertz CT molecular complexity index is 1230. The molecule has 2 aliphatic rings. The highest BCUT2D eigenvalue weighted by Gasteiger charge is 2.26. The van der Waals surface area contributed by atoms with Crippen molar-refractivity contribution in [3.8, 4) is 11.4 Å². The molecule has 0 unspecified atom stereocenters. The Balaban J connectivity index is 1.52. The van der Waals surface area contributed by atoms with Crippen molar-refractivity contribution in [2.24, 2.45) is 0 Å². The largest absolute Gasteiger partial charge is 0.378 e. The Morgan fingerprint density at radius 3 is 2.74 bits per heavy atom. The number of nitrogens with one attached hydrogen (secondary N) is 2. The highest BCUT2D eigenvalue weighted by molar-refractivity contribution is 5.94. The summed E-state index contributed by atoms with van der Waals surface area (Å²) < 4.78 is 11.2. The number of aromatic amines is 2. The third-order valence-electron chi connectivity index (χ3n) is 5.96. The van der Waals surface area contributed by atoms with E-state index < -0.39 is 0 Å². The fraction of sp³-hybridized carbons (Fsp3) is 0.429. The lowest BCUT2D eigenvalue weighted by atomic mass is 10.2. The van der Waals surface area contributed by atoms with Gasteiger partial charge in [-0.1, -0.05) is 0 Å². The number of anilines is 2. The van der Waals surface area contributed by atoms with Crippen molar-refractivity contribution in [3.05, 3.63) is 24.5 Å². The molecule has 0 aliphatic carbocycles. The van der Waals surface area contributed by atoms with Crippen LogP contribution in [0, 0.1) is 0 Å². The van der Waals surface area contributed by atoms with Crippen molar-refractivity contribution < 1.29 is 9.47 Å². The topological polar surface area (TPSA) is 108 Å². The van der Waals surface area contributed by atoms with E-state index in [1.807, 2.05) is 18.3 Å². The summed E-state index contributed by atoms with van der Waals surface area (Å²) >= 11 is 0. The minimum Gasteiger partial charge on any atom is -0.378 e. The van der Waals surface area contributed by atoms with Gasteiger partial charge in [-0.3, -0.25) is 0 Å². The number of rotatable bonds is 3. The van der Waals surface area contributed by atoms with Crippen LogP contribution in [-0.4, -0.2) is 82.0 Å². The number of aromatic nitrogens is 6. The van der Waals surface area contributed by atoms with Crippen LogP contribution in [0.2, 0.25) is 0 Å². The molecule has 160 valence electrons. The molecule has 2 aliphatic heterocycles. The summed E-state index contributed by atoms with van der Waals surface area (Å²) in [5, 5.41) is 1.02. The molecule has 2 saturated heterocycles. The molecule has 2 N–H and O–H groups in total. The quantitative estimate of drug-likeness (QED) is 0.518. The number of imidazole rings is 1. The summed E-state index contributed by atoms with van der Waals surface area (Å²) in [6, 6.07) is 4.20. The van der Waals surface area contributed by atoms with Crippen molar-refractivity contribution in [1.29, 1.82) is 0 Å². The van der Waals surface area contributed by atoms with Crippen molar-refractivity contribution in [2.75, 3.05) is 55.9 Å². The van der Waals surface area contributed by atoms with Gasteiger partial charge in [-0.25, -0.2) is 9.97 Å². The summed E-state index contributed by atoms with van der Waals surface area (Å²) in [5.41, 5.74) is 3.33. The van der Waals surface area contributed by atoms with E-state index in [0.717, 1.165) is 59.0 Å². The van der Waals surface area contributed by atoms with Crippen LogP contribution in [0.1, 0.15) is 6.92 Å². The van der Waals surface area contributed by atoms with Crippen LogP contribution >= 0.6 is 0 Å². The summed E-state index contributed by atoms with van der Waals surface area (Å²) in [4.78, 5) is 30.3. The molecule has 4 aromatic rings. The predicted molar refractivity (Wildman–Crippen MR) is 117 cm³/mol. The molecule has 0 bridgehead atoms. The molecule has 0 radical (unpaired) electrons. The summed E-state index contributed by atoms with van der Waals surface area (Å²) in [7, 11) is 0. The summed E-state index contributed by atoms with van der Waals surface area (Å²) in [6.07, 6.45) is 3.68. The second-order valence-electron chi connectivity index (χ2n) is 7.95. The van der Waals surface area contributed by atoms with Crippen LogP contribution in [0.5, 0.6) is 0 Å². The van der Waals surface area contributed by atoms with Gasteiger partial charge in [-0.2, -0.15) is 9.97 Å². The third-order valence-corrected chi connectivity index (χ3v) is 5.96. The van der Waals surface area contributed by atoms with E-state index in [4.69, 9.17) is 24.4 Å². The Morgan fingerprint density at radius 2 is 1.87 bits per heavy atom. The molecule has 6 rings (SSSR count). The maximum atomic E-state index is 5.61. The zero-order valence-electron chi connectivity index (χ0n) is 17.3. The third kappa shape index (κ3) is 3.19. The highest BCUT2D eigenvalue weighted by Crippen LogP contribution is 2.31. The zero-order valence-corrected chi connectivity index (χ0v) is 17.3. The number of nitrogens with zero attached hydrogens (tertiary/aromatic N) is 6. The van der Waals surface area contributed by atoms with Crippen molar-refractivity contribution in [3.63, 3.8) is 0 Å². The van der Waals surface area contributed by atoms with E-state index in [1.165, 1.54) is 0 Å².